The third-order valence-corrected chi connectivity index (χ3v) is 14.5. The molecule has 12 aromatic rings. The molecule has 10 aromatic carbocycles. The molecule has 0 radical (unpaired) electrons. The number of anilines is 2. The Morgan fingerprint density at radius 3 is 1.88 bits per heavy atom. The molecular formula is C63H46N2S. The van der Waals surface area contributed by atoms with Crippen molar-refractivity contribution >= 4 is 81.5 Å². The van der Waals surface area contributed by atoms with Crippen LogP contribution in [0.4, 0.5) is 11.4 Å². The van der Waals surface area contributed by atoms with Gasteiger partial charge in [0, 0.05) is 53.6 Å². The monoisotopic (exact) mass is 862 g/mol. The normalized spacial score (nSPS) is 13.3. The highest BCUT2D eigenvalue weighted by atomic mass is 32.1. The van der Waals surface area contributed by atoms with Gasteiger partial charge in [0.05, 0.1) is 11.0 Å². The van der Waals surface area contributed by atoms with Gasteiger partial charge in [0.1, 0.15) is 0 Å². The molecule has 2 aromatic heterocycles. The first-order valence-corrected chi connectivity index (χ1v) is 23.7. The van der Waals surface area contributed by atoms with Gasteiger partial charge in [-0.3, -0.25) is 0 Å². The van der Waals surface area contributed by atoms with Crippen LogP contribution in [0.1, 0.15) is 30.4 Å². The third kappa shape index (κ3) is 7.15. The minimum atomic E-state index is 0.499. The number of thiophene rings is 1. The van der Waals surface area contributed by atoms with E-state index >= 15 is 0 Å². The van der Waals surface area contributed by atoms with Gasteiger partial charge in [-0.2, -0.15) is 0 Å². The molecule has 1 atom stereocenters. The van der Waals surface area contributed by atoms with E-state index in [-0.39, 0.29) is 0 Å². The lowest BCUT2D eigenvalue weighted by Gasteiger charge is -2.24. The number of benzene rings is 10. The molecule has 0 spiro atoms. The standard InChI is InChI=1S/C45H34N2.C18H12S/c1-30-10-9-16-40-42(29-35-13-5-6-14-38(35)45(30)40)46-36-23-18-33(19-24-36)34-22-27-44-41(28-34)39-15-7-8-17-43(39)47(44)37-25-20-32(21-26-37)31-11-3-2-4-12-31;1-2-7-13(8-3-1)14-10-6-11-16-15-9-4-5-12-17(15)19-18(14)16/h2-9,11-30,46H,10H2,1H3;1-12H. The number of hydrogen-bond donors (Lipinski definition) is 1. The maximum absolute atomic E-state index is 3.76. The highest BCUT2D eigenvalue weighted by molar-refractivity contribution is 7.26. The molecule has 314 valence electrons. The number of rotatable bonds is 6. The molecule has 66 heavy (non-hydrogen) atoms. The molecule has 0 amide bonds. The zero-order valence-electron chi connectivity index (χ0n) is 36.7. The largest absolute Gasteiger partial charge is 0.355 e. The Balaban J connectivity index is 0.000000199. The van der Waals surface area contributed by atoms with Gasteiger partial charge in [-0.05, 0) is 117 Å². The fourth-order valence-corrected chi connectivity index (χ4v) is 11.3. The molecule has 0 fully saturated rings. The SMILES string of the molecule is CC1CC=Cc2c(Nc3ccc(-c4ccc5c(c4)c4ccccc4n5-c4ccc(-c5ccccc5)cc4)cc3)cc3ccccc3c21.c1ccc(-c2cccc3c2sc2ccccc23)cc1. The summed E-state index contributed by atoms with van der Waals surface area (Å²) in [6.45, 7) is 2.34. The number of nitrogens with zero attached hydrogens (tertiary/aromatic N) is 1. The maximum atomic E-state index is 3.76. The topological polar surface area (TPSA) is 17.0 Å². The summed E-state index contributed by atoms with van der Waals surface area (Å²) in [4.78, 5) is 0. The number of allylic oxidation sites excluding steroid dienone is 1. The molecule has 0 saturated heterocycles. The molecular weight excluding hydrogens is 817 g/mol. The smallest absolute Gasteiger partial charge is 0.0541 e. The van der Waals surface area contributed by atoms with Gasteiger partial charge in [-0.1, -0.05) is 189 Å². The van der Waals surface area contributed by atoms with Gasteiger partial charge in [-0.15, -0.1) is 11.3 Å². The van der Waals surface area contributed by atoms with Gasteiger partial charge < -0.3 is 9.88 Å². The second-order valence-corrected chi connectivity index (χ2v) is 18.4. The van der Waals surface area contributed by atoms with Crippen molar-refractivity contribution in [2.45, 2.75) is 19.3 Å². The van der Waals surface area contributed by atoms with Crippen LogP contribution in [0.2, 0.25) is 0 Å². The Hall–Kier alpha value is -7.98. The summed E-state index contributed by atoms with van der Waals surface area (Å²) in [6, 6.07) is 80.9. The Labute approximate surface area is 389 Å². The predicted molar refractivity (Wildman–Crippen MR) is 286 cm³/mol. The van der Waals surface area contributed by atoms with E-state index in [9.17, 15) is 0 Å². The molecule has 1 N–H and O–H groups in total. The van der Waals surface area contributed by atoms with Crippen LogP contribution in [-0.4, -0.2) is 4.57 Å². The molecule has 1 aliphatic carbocycles. The van der Waals surface area contributed by atoms with E-state index in [0.717, 1.165) is 12.1 Å². The second-order valence-electron chi connectivity index (χ2n) is 17.4. The first-order valence-electron chi connectivity index (χ1n) is 22.9. The lowest BCUT2D eigenvalue weighted by molar-refractivity contribution is 0.779. The van der Waals surface area contributed by atoms with Crippen LogP contribution in [0.15, 0.2) is 231 Å². The molecule has 13 rings (SSSR count). The van der Waals surface area contributed by atoms with Crippen LogP contribution < -0.4 is 5.32 Å². The summed E-state index contributed by atoms with van der Waals surface area (Å²) >= 11 is 1.88. The van der Waals surface area contributed by atoms with Crippen molar-refractivity contribution in [3.63, 3.8) is 0 Å². The lowest BCUT2D eigenvalue weighted by atomic mass is 9.83. The van der Waals surface area contributed by atoms with Crippen LogP contribution >= 0.6 is 11.3 Å². The highest BCUT2D eigenvalue weighted by Gasteiger charge is 2.20. The van der Waals surface area contributed by atoms with Crippen molar-refractivity contribution in [2.24, 2.45) is 0 Å². The first-order chi connectivity index (χ1) is 32.6. The average molecular weight is 863 g/mol. The molecule has 2 heterocycles. The third-order valence-electron chi connectivity index (χ3n) is 13.3. The molecule has 2 nitrogen and oxygen atoms in total. The fraction of sp³-hybridized carbons (Fsp3) is 0.0476. The summed E-state index contributed by atoms with van der Waals surface area (Å²) < 4.78 is 5.13. The molecule has 1 unspecified atom stereocenters. The minimum Gasteiger partial charge on any atom is -0.355 e. The zero-order valence-corrected chi connectivity index (χ0v) is 37.5. The summed E-state index contributed by atoms with van der Waals surface area (Å²) in [7, 11) is 0. The number of aromatic nitrogens is 1. The summed E-state index contributed by atoms with van der Waals surface area (Å²) in [5.74, 6) is 0.499. The van der Waals surface area contributed by atoms with Gasteiger partial charge in [0.15, 0.2) is 0 Å². The molecule has 0 bridgehead atoms. The molecule has 1 aliphatic rings. The van der Waals surface area contributed by atoms with E-state index in [1.807, 2.05) is 11.3 Å². The average Bonchev–Trinajstić information content (AvgIpc) is 3.93. The Morgan fingerprint density at radius 1 is 0.470 bits per heavy atom. The number of fused-ring (bicyclic) bond motifs is 9. The Kier molecular flexibility index (Phi) is 10.1. The van der Waals surface area contributed by atoms with Crippen LogP contribution in [0.5, 0.6) is 0 Å². The summed E-state index contributed by atoms with van der Waals surface area (Å²) in [6.07, 6.45) is 5.68. The van der Waals surface area contributed by atoms with Crippen molar-refractivity contribution in [1.29, 1.82) is 0 Å². The summed E-state index contributed by atoms with van der Waals surface area (Å²) in [5.41, 5.74) is 16.1. The second kappa shape index (κ2) is 16.9. The van der Waals surface area contributed by atoms with Crippen molar-refractivity contribution in [3.8, 4) is 39.1 Å². The Morgan fingerprint density at radius 2 is 1.08 bits per heavy atom. The maximum Gasteiger partial charge on any atom is 0.0541 e. The van der Waals surface area contributed by atoms with Gasteiger partial charge >= 0.3 is 0 Å². The van der Waals surface area contributed by atoms with E-state index in [4.69, 9.17) is 0 Å². The van der Waals surface area contributed by atoms with Gasteiger partial charge in [-0.25, -0.2) is 0 Å². The van der Waals surface area contributed by atoms with Crippen molar-refractivity contribution < 1.29 is 0 Å². The Bertz CT molecular complexity index is 3750. The minimum absolute atomic E-state index is 0.499. The highest BCUT2D eigenvalue weighted by Crippen LogP contribution is 2.42. The summed E-state index contributed by atoms with van der Waals surface area (Å²) in [5, 5.41) is 11.7. The number of hydrogen-bond acceptors (Lipinski definition) is 2. The van der Waals surface area contributed by atoms with Crippen LogP contribution in [0, 0.1) is 0 Å². The van der Waals surface area contributed by atoms with E-state index in [1.165, 1.54) is 109 Å². The van der Waals surface area contributed by atoms with E-state index in [2.05, 4.69) is 253 Å². The zero-order chi connectivity index (χ0) is 44.0. The lowest BCUT2D eigenvalue weighted by Crippen LogP contribution is -2.05. The van der Waals surface area contributed by atoms with Gasteiger partial charge in [0.2, 0.25) is 0 Å². The molecule has 3 heteroatoms. The predicted octanol–water partition coefficient (Wildman–Crippen LogP) is 18.3. The van der Waals surface area contributed by atoms with E-state index in [1.54, 1.807) is 0 Å². The number of para-hydroxylation sites is 1. The fourth-order valence-electron chi connectivity index (χ4n) is 10.1. The quantitative estimate of drug-likeness (QED) is 0.176. The van der Waals surface area contributed by atoms with Crippen molar-refractivity contribution in [1.82, 2.24) is 4.57 Å². The molecule has 0 aliphatic heterocycles. The van der Waals surface area contributed by atoms with Crippen LogP contribution in [-0.2, 0) is 0 Å². The van der Waals surface area contributed by atoms with Gasteiger partial charge in [0.25, 0.3) is 0 Å². The van der Waals surface area contributed by atoms with E-state index in [0.29, 0.717) is 5.92 Å². The van der Waals surface area contributed by atoms with Crippen LogP contribution in [0.25, 0.3) is 97.9 Å². The van der Waals surface area contributed by atoms with Crippen LogP contribution in [0.3, 0.4) is 0 Å². The van der Waals surface area contributed by atoms with Crippen molar-refractivity contribution in [2.75, 3.05) is 5.32 Å². The number of nitrogens with one attached hydrogen (secondary N) is 1. The van der Waals surface area contributed by atoms with E-state index < -0.39 is 0 Å². The van der Waals surface area contributed by atoms with Crippen molar-refractivity contribution in [3.05, 3.63) is 242 Å². The molecule has 0 saturated carbocycles. The first kappa shape index (κ1) is 39.6.